The second-order valence-electron chi connectivity index (χ2n) is 28.7. The average molecular weight is 986 g/mol. The molecule has 75 heavy (non-hydrogen) atoms. The number of hydrogen-bond acceptors (Lipinski definition) is 3. The molecule has 0 N–H and O–H groups in total. The smallest absolute Gasteiger partial charge is 0.252 e. The molecule has 7 aromatic carbocycles. The Morgan fingerprint density at radius 3 is 1.69 bits per heavy atom. The second kappa shape index (κ2) is 15.6. The van der Waals surface area contributed by atoms with Gasteiger partial charge in [-0.25, -0.2) is 0 Å². The highest BCUT2D eigenvalue weighted by molar-refractivity contribution is 7.00. The van der Waals surface area contributed by atoms with Crippen LogP contribution in [0.2, 0.25) is 0 Å². The maximum atomic E-state index is 2.98. The molecular weight excluding hydrogens is 906 g/mol. The third-order valence-electron chi connectivity index (χ3n) is 20.4. The summed E-state index contributed by atoms with van der Waals surface area (Å²) < 4.78 is 0. The molecule has 0 aromatic heterocycles. The van der Waals surface area contributed by atoms with Crippen molar-refractivity contribution in [1.29, 1.82) is 0 Å². The molecule has 2 aliphatic carbocycles. The lowest BCUT2D eigenvalue weighted by atomic mass is 9.33. The van der Waals surface area contributed by atoms with Crippen LogP contribution in [-0.4, -0.2) is 12.3 Å². The molecule has 4 heterocycles. The van der Waals surface area contributed by atoms with Gasteiger partial charge in [-0.15, -0.1) is 0 Å². The number of benzene rings is 7. The number of hydrogen-bond donors (Lipinski definition) is 0. The van der Waals surface area contributed by atoms with Crippen LogP contribution < -0.4 is 31.1 Å². The minimum absolute atomic E-state index is 0.0183. The highest BCUT2D eigenvalue weighted by Crippen LogP contribution is 2.68. The van der Waals surface area contributed by atoms with E-state index in [2.05, 4.69) is 258 Å². The molecule has 6 aliphatic rings. The number of fused-ring (bicyclic) bond motifs is 12. The summed E-state index contributed by atoms with van der Waals surface area (Å²) in [6.07, 6.45) is 6.80. The standard InChI is InChI=1S/C71H80BN3/c1-64(2,3)46-27-31-51(32-28-46)73-59-34-30-49(66(7,8)9)41-56(59)72-57-42-50(67(10,11)12)40-55-63(57)75(69(14)36-21-22-37-71(55,69)47-24-17-16-18-25-47)61-44-52(43-60(73)62(61)72)74-58-33-29-48(65(4,5)6)39-54(58)68(13)38-35-45-23-19-20-26-53(45)70(68,74)15/h16-20,23-34,39-44H,21-22,35-38H2,1-15H3. The van der Waals surface area contributed by atoms with Gasteiger partial charge in [-0.1, -0.05) is 206 Å². The van der Waals surface area contributed by atoms with Gasteiger partial charge in [-0.05, 0) is 164 Å². The van der Waals surface area contributed by atoms with Crippen LogP contribution in [0.4, 0.5) is 39.8 Å². The van der Waals surface area contributed by atoms with E-state index in [-0.39, 0.29) is 50.3 Å². The van der Waals surface area contributed by atoms with Gasteiger partial charge in [0, 0.05) is 50.6 Å². The molecule has 7 aromatic rings. The van der Waals surface area contributed by atoms with Gasteiger partial charge >= 0.3 is 0 Å². The maximum absolute atomic E-state index is 2.98. The van der Waals surface area contributed by atoms with Crippen LogP contribution in [0.1, 0.15) is 186 Å². The van der Waals surface area contributed by atoms with Gasteiger partial charge < -0.3 is 14.7 Å². The SMILES string of the molecule is CC(C)(C)c1ccc(N2c3ccc(C(C)(C)C)cc3B3c4cc(C(C)(C)C)cc5c4N(c4cc(N6c7ccc(C(C)(C)C)cc7C7(C)CCc8ccccc8C67C)cc2c43)C2(C)CCCCC52c2ccccc2)cc1. The van der Waals surface area contributed by atoms with Crippen molar-refractivity contribution in [2.75, 3.05) is 14.7 Å². The summed E-state index contributed by atoms with van der Waals surface area (Å²) in [4.78, 5) is 8.51. The number of nitrogens with zero attached hydrogens (tertiary/aromatic N) is 3. The molecule has 0 spiro atoms. The molecule has 382 valence electrons. The molecule has 3 nitrogen and oxygen atoms in total. The van der Waals surface area contributed by atoms with Crippen LogP contribution in [0.5, 0.6) is 0 Å². The Morgan fingerprint density at radius 1 is 0.440 bits per heavy atom. The van der Waals surface area contributed by atoms with Crippen molar-refractivity contribution in [2.24, 2.45) is 0 Å². The molecule has 0 bridgehead atoms. The van der Waals surface area contributed by atoms with Gasteiger partial charge in [0.1, 0.15) is 0 Å². The first-order chi connectivity index (χ1) is 35.3. The van der Waals surface area contributed by atoms with Gasteiger partial charge in [0.15, 0.2) is 0 Å². The van der Waals surface area contributed by atoms with E-state index >= 15 is 0 Å². The largest absolute Gasteiger partial charge is 0.335 e. The van der Waals surface area contributed by atoms with E-state index in [1.165, 1.54) is 119 Å². The minimum atomic E-state index is -0.374. The lowest BCUT2D eigenvalue weighted by molar-refractivity contribution is 0.215. The Labute approximate surface area is 450 Å². The summed E-state index contributed by atoms with van der Waals surface area (Å²) in [7, 11) is 0. The predicted molar refractivity (Wildman–Crippen MR) is 321 cm³/mol. The summed E-state index contributed by atoms with van der Waals surface area (Å²) in [5.41, 5.74) is 25.5. The molecule has 4 heteroatoms. The van der Waals surface area contributed by atoms with Crippen molar-refractivity contribution in [3.8, 4) is 0 Å². The zero-order valence-electron chi connectivity index (χ0n) is 47.9. The first-order valence-electron chi connectivity index (χ1n) is 28.6. The van der Waals surface area contributed by atoms with Crippen LogP contribution in [-0.2, 0) is 44.4 Å². The van der Waals surface area contributed by atoms with Crippen molar-refractivity contribution in [2.45, 2.75) is 186 Å². The van der Waals surface area contributed by atoms with Crippen molar-refractivity contribution in [3.05, 3.63) is 190 Å². The Balaban J connectivity index is 1.20. The molecule has 1 fully saturated rings. The monoisotopic (exact) mass is 986 g/mol. The Morgan fingerprint density at radius 2 is 1.01 bits per heavy atom. The summed E-state index contributed by atoms with van der Waals surface area (Å²) in [5, 5.41) is 0. The quantitative estimate of drug-likeness (QED) is 0.163. The van der Waals surface area contributed by atoms with Crippen molar-refractivity contribution >= 4 is 62.9 Å². The zero-order chi connectivity index (χ0) is 52.8. The minimum Gasteiger partial charge on any atom is -0.335 e. The fourth-order valence-corrected chi connectivity index (χ4v) is 16.0. The number of aryl methyl sites for hydroxylation is 1. The average Bonchev–Trinajstić information content (AvgIpc) is 3.91. The second-order valence-corrected chi connectivity index (χ2v) is 28.7. The topological polar surface area (TPSA) is 9.72 Å². The highest BCUT2D eigenvalue weighted by atomic mass is 15.3. The Kier molecular flexibility index (Phi) is 10.1. The number of anilines is 7. The number of rotatable bonds is 3. The van der Waals surface area contributed by atoms with E-state index in [1.807, 2.05) is 0 Å². The summed E-state index contributed by atoms with van der Waals surface area (Å²) in [5.74, 6) is 0. The summed E-state index contributed by atoms with van der Waals surface area (Å²) in [6, 6.07) is 56.7. The van der Waals surface area contributed by atoms with E-state index in [0.29, 0.717) is 0 Å². The molecule has 13 rings (SSSR count). The van der Waals surface area contributed by atoms with Gasteiger partial charge in [-0.2, -0.15) is 0 Å². The third kappa shape index (κ3) is 6.47. The lowest BCUT2D eigenvalue weighted by Crippen LogP contribution is -2.65. The third-order valence-corrected chi connectivity index (χ3v) is 20.4. The predicted octanol–water partition coefficient (Wildman–Crippen LogP) is 16.5. The molecule has 0 radical (unpaired) electrons. The van der Waals surface area contributed by atoms with E-state index in [1.54, 1.807) is 0 Å². The van der Waals surface area contributed by atoms with E-state index in [9.17, 15) is 0 Å². The van der Waals surface area contributed by atoms with Gasteiger partial charge in [0.2, 0.25) is 0 Å². The van der Waals surface area contributed by atoms with Crippen molar-refractivity contribution in [1.82, 2.24) is 0 Å². The highest BCUT2D eigenvalue weighted by Gasteiger charge is 2.65. The van der Waals surface area contributed by atoms with Crippen LogP contribution in [0.15, 0.2) is 140 Å². The van der Waals surface area contributed by atoms with Crippen molar-refractivity contribution < 1.29 is 0 Å². The zero-order valence-corrected chi connectivity index (χ0v) is 47.9. The van der Waals surface area contributed by atoms with Crippen LogP contribution >= 0.6 is 0 Å². The summed E-state index contributed by atoms with van der Waals surface area (Å²) in [6.45, 7) is 36.5. The molecule has 0 saturated heterocycles. The molecule has 4 atom stereocenters. The van der Waals surface area contributed by atoms with Gasteiger partial charge in [0.25, 0.3) is 6.71 Å². The first kappa shape index (κ1) is 48.6. The molecular formula is C71H80BN3. The molecule has 1 saturated carbocycles. The molecule has 4 unspecified atom stereocenters. The molecule has 0 amide bonds. The Bertz CT molecular complexity index is 3500. The van der Waals surface area contributed by atoms with Gasteiger partial charge in [-0.3, -0.25) is 0 Å². The van der Waals surface area contributed by atoms with E-state index in [0.717, 1.165) is 25.7 Å². The van der Waals surface area contributed by atoms with E-state index < -0.39 is 0 Å². The maximum Gasteiger partial charge on any atom is 0.252 e. The summed E-state index contributed by atoms with van der Waals surface area (Å²) >= 11 is 0. The van der Waals surface area contributed by atoms with Crippen LogP contribution in [0, 0.1) is 0 Å². The van der Waals surface area contributed by atoms with Crippen LogP contribution in [0.3, 0.4) is 0 Å². The van der Waals surface area contributed by atoms with E-state index in [4.69, 9.17) is 0 Å². The van der Waals surface area contributed by atoms with Crippen molar-refractivity contribution in [3.63, 3.8) is 0 Å². The fourth-order valence-electron chi connectivity index (χ4n) is 16.0. The fraction of sp³-hybridized carbons (Fsp3) is 0.408. The molecule has 4 aliphatic heterocycles. The Hall–Kier alpha value is -6.00. The van der Waals surface area contributed by atoms with Gasteiger partial charge in [0.05, 0.1) is 11.1 Å². The first-order valence-corrected chi connectivity index (χ1v) is 28.6. The lowest BCUT2D eigenvalue weighted by Gasteiger charge is -2.55. The van der Waals surface area contributed by atoms with Crippen LogP contribution in [0.25, 0.3) is 0 Å². The normalized spacial score (nSPS) is 24.3.